The molecule has 2 heterocycles. The minimum absolute atomic E-state index is 0.00588. The molecular weight excluding hydrogens is 821 g/mol. The van der Waals surface area contributed by atoms with Gasteiger partial charge in [0.25, 0.3) is 0 Å². The molecule has 5 rings (SSSR count). The largest absolute Gasteiger partial charge is 0.463 e. The van der Waals surface area contributed by atoms with E-state index in [2.05, 4.69) is 17.1 Å². The second kappa shape index (κ2) is 22.5. The Hall–Kier alpha value is -4.81. The van der Waals surface area contributed by atoms with Crippen molar-refractivity contribution >= 4 is 41.1 Å². The van der Waals surface area contributed by atoms with Gasteiger partial charge < -0.3 is 48.7 Å². The molecule has 3 aromatic rings. The van der Waals surface area contributed by atoms with E-state index in [9.17, 15) is 29.4 Å². The Morgan fingerprint density at radius 2 is 1.31 bits per heavy atom. The third kappa shape index (κ3) is 13.1. The summed E-state index contributed by atoms with van der Waals surface area (Å²) in [6, 6.07) is 24.8. The van der Waals surface area contributed by atoms with Gasteiger partial charge in [0.2, 0.25) is 0 Å². The molecule has 0 amide bonds. The van der Waals surface area contributed by atoms with E-state index in [1.54, 1.807) is 0 Å². The second-order valence-corrected chi connectivity index (χ2v) is 16.3. The lowest BCUT2D eigenvalue weighted by Gasteiger charge is -2.44. The number of esters is 4. The molecule has 0 aliphatic carbocycles. The summed E-state index contributed by atoms with van der Waals surface area (Å²) < 4.78 is 41.3. The van der Waals surface area contributed by atoms with Crippen molar-refractivity contribution in [2.75, 3.05) is 20.2 Å². The maximum atomic E-state index is 12.3. The van der Waals surface area contributed by atoms with Crippen LogP contribution in [-0.4, -0.2) is 107 Å². The van der Waals surface area contributed by atoms with Gasteiger partial charge in [-0.1, -0.05) is 98.0 Å². The van der Waals surface area contributed by atoms with Gasteiger partial charge in [0, 0.05) is 64.7 Å². The first-order valence-electron chi connectivity index (χ1n) is 20.6. The van der Waals surface area contributed by atoms with Crippen molar-refractivity contribution in [1.82, 2.24) is 10.2 Å². The van der Waals surface area contributed by atoms with Crippen LogP contribution in [0.5, 0.6) is 0 Å². The third-order valence-corrected chi connectivity index (χ3v) is 11.4. The predicted octanol–water partition coefficient (Wildman–Crippen LogP) is 4.96. The molecule has 336 valence electrons. The van der Waals surface area contributed by atoms with Crippen LogP contribution in [0.1, 0.15) is 94.3 Å². The summed E-state index contributed by atoms with van der Waals surface area (Å²) in [5.74, 6) is -2.80. The fourth-order valence-electron chi connectivity index (χ4n) is 7.68. The van der Waals surface area contributed by atoms with E-state index < -0.39 is 66.8 Å². The van der Waals surface area contributed by atoms with Crippen molar-refractivity contribution in [3.63, 3.8) is 0 Å². The number of thiocarbonyl (C=S) groups is 1. The van der Waals surface area contributed by atoms with E-state index in [0.717, 1.165) is 34.7 Å². The third-order valence-electron chi connectivity index (χ3n) is 11.1. The van der Waals surface area contributed by atoms with Gasteiger partial charge in [0.1, 0.15) is 18.8 Å². The molecule has 2 fully saturated rings. The Morgan fingerprint density at radius 3 is 1.89 bits per heavy atom. The molecule has 0 radical (unpaired) electrons. The van der Waals surface area contributed by atoms with Crippen LogP contribution in [0.25, 0.3) is 0 Å². The lowest BCUT2D eigenvalue weighted by atomic mass is 9.89. The van der Waals surface area contributed by atoms with Gasteiger partial charge in [-0.05, 0) is 36.2 Å². The summed E-state index contributed by atoms with van der Waals surface area (Å²) in [6.07, 6.45) is -7.83. The number of carbonyl (C=O) groups is 4. The first-order chi connectivity index (χ1) is 29.5. The monoisotopic (exact) mass is 878 g/mol. The standard InChI is InChI=1S/C46H58N2O13S/c1-26-38(23-48(7)27(2)41(54)34-11-9-8-10-12-34)60-46(61-42(26)35-17-15-33(24-49)16-18-35)36-19-13-32(14-20-36)22-47-40(62)21-37-43(56-29(4)51)45(58-31(6)53)44(57-30(5)52)39(59-37)25-55-28(3)50/h8-20,26-27,37-39,41-46,49,54H,21-25H2,1-7H3,(H,47,62). The minimum Gasteiger partial charge on any atom is -0.463 e. The molecular formula is C46H58N2O13S. The first-order valence-corrected chi connectivity index (χ1v) is 21.0. The number of benzene rings is 3. The lowest BCUT2D eigenvalue weighted by molar-refractivity contribution is -0.276. The van der Waals surface area contributed by atoms with Gasteiger partial charge in [0.05, 0.1) is 29.9 Å². The highest BCUT2D eigenvalue weighted by Crippen LogP contribution is 2.42. The highest BCUT2D eigenvalue weighted by molar-refractivity contribution is 7.80. The molecule has 2 aliphatic heterocycles. The van der Waals surface area contributed by atoms with Gasteiger partial charge in [-0.25, -0.2) is 0 Å². The summed E-state index contributed by atoms with van der Waals surface area (Å²) >= 11 is 5.71. The molecule has 3 aromatic carbocycles. The highest BCUT2D eigenvalue weighted by atomic mass is 32.1. The molecule has 2 saturated heterocycles. The van der Waals surface area contributed by atoms with Gasteiger partial charge in [-0.2, -0.15) is 0 Å². The number of rotatable bonds is 17. The number of nitrogens with one attached hydrogen (secondary N) is 1. The number of nitrogens with zero attached hydrogens (tertiary/aromatic N) is 1. The zero-order valence-electron chi connectivity index (χ0n) is 36.1. The molecule has 0 aromatic heterocycles. The van der Waals surface area contributed by atoms with Crippen LogP contribution in [0, 0.1) is 5.92 Å². The molecule has 15 nitrogen and oxygen atoms in total. The van der Waals surface area contributed by atoms with E-state index in [1.165, 1.54) is 20.8 Å². The molecule has 0 spiro atoms. The average Bonchev–Trinajstić information content (AvgIpc) is 3.24. The zero-order valence-corrected chi connectivity index (χ0v) is 36.9. The van der Waals surface area contributed by atoms with Crippen molar-refractivity contribution in [2.24, 2.45) is 5.92 Å². The quantitative estimate of drug-likeness (QED) is 0.0938. The molecule has 11 atom stereocenters. The van der Waals surface area contributed by atoms with Crippen LogP contribution >= 0.6 is 12.2 Å². The highest BCUT2D eigenvalue weighted by Gasteiger charge is 2.52. The first kappa shape index (κ1) is 48.2. The fraction of sp³-hybridized carbons (Fsp3) is 0.500. The van der Waals surface area contributed by atoms with Crippen molar-refractivity contribution in [3.8, 4) is 0 Å². The van der Waals surface area contributed by atoms with E-state index in [-0.39, 0.29) is 43.8 Å². The van der Waals surface area contributed by atoms with Crippen molar-refractivity contribution in [2.45, 2.75) is 122 Å². The van der Waals surface area contributed by atoms with E-state index in [4.69, 9.17) is 45.4 Å². The van der Waals surface area contributed by atoms with E-state index in [0.29, 0.717) is 18.1 Å². The summed E-state index contributed by atoms with van der Waals surface area (Å²) in [6.45, 7) is 9.24. The second-order valence-electron chi connectivity index (χ2n) is 15.8. The fourth-order valence-corrected chi connectivity index (χ4v) is 7.91. The van der Waals surface area contributed by atoms with Crippen LogP contribution in [-0.2, 0) is 65.5 Å². The van der Waals surface area contributed by atoms with E-state index >= 15 is 0 Å². The Morgan fingerprint density at radius 1 is 0.742 bits per heavy atom. The van der Waals surface area contributed by atoms with Crippen molar-refractivity contribution < 1.29 is 62.5 Å². The maximum Gasteiger partial charge on any atom is 0.303 e. The van der Waals surface area contributed by atoms with Gasteiger partial charge in [0.15, 0.2) is 24.6 Å². The Kier molecular flexibility index (Phi) is 17.5. The zero-order chi connectivity index (χ0) is 45.1. The van der Waals surface area contributed by atoms with E-state index in [1.807, 2.05) is 92.8 Å². The predicted molar refractivity (Wildman–Crippen MR) is 229 cm³/mol. The topological polar surface area (TPSA) is 189 Å². The lowest BCUT2D eigenvalue weighted by Crippen LogP contribution is -2.62. The molecule has 0 saturated carbocycles. The van der Waals surface area contributed by atoms with Gasteiger partial charge in [-0.3, -0.25) is 24.1 Å². The molecule has 16 heteroatoms. The number of carbonyl (C=O) groups excluding carboxylic acids is 4. The summed E-state index contributed by atoms with van der Waals surface area (Å²) in [4.78, 5) is 50.7. The number of ether oxygens (including phenoxy) is 7. The molecule has 62 heavy (non-hydrogen) atoms. The number of hydrogen-bond donors (Lipinski definition) is 3. The van der Waals surface area contributed by atoms with Gasteiger partial charge in [-0.15, -0.1) is 0 Å². The Bertz CT molecular complexity index is 1970. The SMILES string of the molecule is CC(=O)OCC1OC(CC(=S)NCc2ccc(C3OC(CN(C)C(C)C(O)c4ccccc4)C(C)C(c4ccc(CO)cc4)O3)cc2)C(OC(C)=O)C(OC(C)=O)C1OC(C)=O. The smallest absolute Gasteiger partial charge is 0.303 e. The van der Waals surface area contributed by atoms with Crippen LogP contribution in [0.2, 0.25) is 0 Å². The number of aliphatic hydroxyl groups excluding tert-OH is 2. The van der Waals surface area contributed by atoms with Crippen molar-refractivity contribution in [1.29, 1.82) is 0 Å². The molecule has 2 aliphatic rings. The maximum absolute atomic E-state index is 12.3. The van der Waals surface area contributed by atoms with Gasteiger partial charge >= 0.3 is 23.9 Å². The molecule has 3 N–H and O–H groups in total. The van der Waals surface area contributed by atoms with Crippen LogP contribution in [0.4, 0.5) is 0 Å². The molecule has 11 unspecified atom stereocenters. The number of aliphatic hydroxyl groups is 2. The Labute approximate surface area is 367 Å². The Balaban J connectivity index is 1.29. The van der Waals surface area contributed by atoms with Crippen LogP contribution in [0.15, 0.2) is 78.9 Å². The summed E-state index contributed by atoms with van der Waals surface area (Å²) in [5, 5.41) is 24.1. The normalized spacial score (nSPS) is 25.8. The van der Waals surface area contributed by atoms with Crippen LogP contribution < -0.4 is 5.32 Å². The number of hydrogen-bond acceptors (Lipinski definition) is 15. The molecule has 0 bridgehead atoms. The summed E-state index contributed by atoms with van der Waals surface area (Å²) in [5.41, 5.74) is 4.26. The number of likely N-dealkylation sites (N-methyl/N-ethyl adjacent to an activating group) is 1. The minimum atomic E-state index is -1.29. The van der Waals surface area contributed by atoms with Crippen LogP contribution in [0.3, 0.4) is 0 Å². The van der Waals surface area contributed by atoms with Crippen molar-refractivity contribution in [3.05, 3.63) is 107 Å². The summed E-state index contributed by atoms with van der Waals surface area (Å²) in [7, 11) is 1.98. The average molecular weight is 879 g/mol.